The van der Waals surface area contributed by atoms with E-state index < -0.39 is 18.8 Å². The summed E-state index contributed by atoms with van der Waals surface area (Å²) in [5, 5.41) is 12.5. The predicted octanol–water partition coefficient (Wildman–Crippen LogP) is 1.50. The maximum atomic E-state index is 11.8. The fourth-order valence-electron chi connectivity index (χ4n) is 0.872. The van der Waals surface area contributed by atoms with Crippen molar-refractivity contribution in [1.29, 1.82) is 0 Å². The standard InChI is InChI=1S/C7H9F3N2O/c1-5(13)6-2-3-12(11-6)4-7(8,9)10/h2-3,5,13H,4H2,1H3. The summed E-state index contributed by atoms with van der Waals surface area (Å²) < 4.78 is 36.2. The smallest absolute Gasteiger partial charge is 0.387 e. The van der Waals surface area contributed by atoms with E-state index in [2.05, 4.69) is 5.10 Å². The van der Waals surface area contributed by atoms with Gasteiger partial charge in [0, 0.05) is 6.20 Å². The van der Waals surface area contributed by atoms with Crippen molar-refractivity contribution in [2.45, 2.75) is 25.7 Å². The van der Waals surface area contributed by atoms with Gasteiger partial charge in [-0.1, -0.05) is 0 Å². The molecule has 0 saturated heterocycles. The number of halogens is 3. The molecule has 0 radical (unpaired) electrons. The molecular formula is C7H9F3N2O. The van der Waals surface area contributed by atoms with E-state index >= 15 is 0 Å². The van der Waals surface area contributed by atoms with Crippen molar-refractivity contribution in [3.8, 4) is 0 Å². The van der Waals surface area contributed by atoms with Gasteiger partial charge in [0.25, 0.3) is 0 Å². The molecule has 1 N–H and O–H groups in total. The first kappa shape index (κ1) is 10.0. The van der Waals surface area contributed by atoms with Crippen LogP contribution in [0.3, 0.4) is 0 Å². The van der Waals surface area contributed by atoms with Gasteiger partial charge in [0.15, 0.2) is 0 Å². The van der Waals surface area contributed by atoms with Gasteiger partial charge in [0.05, 0.1) is 11.8 Å². The van der Waals surface area contributed by atoms with Gasteiger partial charge in [-0.2, -0.15) is 18.3 Å². The first-order chi connectivity index (χ1) is 5.88. The van der Waals surface area contributed by atoms with Gasteiger partial charge in [0.1, 0.15) is 6.54 Å². The number of hydrogen-bond acceptors (Lipinski definition) is 2. The van der Waals surface area contributed by atoms with Gasteiger partial charge in [-0.3, -0.25) is 4.68 Å². The van der Waals surface area contributed by atoms with Crippen LogP contribution >= 0.6 is 0 Å². The average Bonchev–Trinajstić information content (AvgIpc) is 2.31. The van der Waals surface area contributed by atoms with Crippen LogP contribution in [0, 0.1) is 0 Å². The van der Waals surface area contributed by atoms with E-state index in [1.165, 1.54) is 19.2 Å². The van der Waals surface area contributed by atoms with E-state index in [4.69, 9.17) is 5.11 Å². The Morgan fingerprint density at radius 1 is 1.62 bits per heavy atom. The Labute approximate surface area is 72.8 Å². The third kappa shape index (κ3) is 3.06. The molecule has 0 bridgehead atoms. The van der Waals surface area contributed by atoms with Crippen molar-refractivity contribution < 1.29 is 18.3 Å². The second-order valence-electron chi connectivity index (χ2n) is 2.73. The second-order valence-corrected chi connectivity index (χ2v) is 2.73. The summed E-state index contributed by atoms with van der Waals surface area (Å²) in [6.07, 6.45) is -3.92. The highest BCUT2D eigenvalue weighted by Crippen LogP contribution is 2.17. The quantitative estimate of drug-likeness (QED) is 0.774. The molecule has 1 heterocycles. The SMILES string of the molecule is CC(O)c1ccn(CC(F)(F)F)n1. The molecule has 6 heteroatoms. The molecule has 0 saturated carbocycles. The molecule has 1 unspecified atom stereocenters. The molecule has 1 rings (SSSR count). The van der Waals surface area contributed by atoms with Crippen LogP contribution in [0.25, 0.3) is 0 Å². The van der Waals surface area contributed by atoms with E-state index in [-0.39, 0.29) is 5.69 Å². The van der Waals surface area contributed by atoms with Crippen LogP contribution in [0.5, 0.6) is 0 Å². The Balaban J connectivity index is 2.70. The highest BCUT2D eigenvalue weighted by molar-refractivity contribution is 5.01. The molecule has 0 aliphatic carbocycles. The summed E-state index contributed by atoms with van der Waals surface area (Å²) in [5.41, 5.74) is 0.240. The van der Waals surface area contributed by atoms with Crippen molar-refractivity contribution >= 4 is 0 Å². The summed E-state index contributed by atoms with van der Waals surface area (Å²) in [4.78, 5) is 0. The molecule has 0 amide bonds. The average molecular weight is 194 g/mol. The molecule has 0 aliphatic heterocycles. The van der Waals surface area contributed by atoms with Crippen LogP contribution in [-0.2, 0) is 6.54 Å². The number of rotatable bonds is 2. The largest absolute Gasteiger partial charge is 0.408 e. The van der Waals surface area contributed by atoms with Gasteiger partial charge in [-0.05, 0) is 13.0 Å². The summed E-state index contributed by atoms with van der Waals surface area (Å²) in [6, 6.07) is 1.36. The minimum atomic E-state index is -4.28. The molecular weight excluding hydrogens is 185 g/mol. The fourth-order valence-corrected chi connectivity index (χ4v) is 0.872. The minimum Gasteiger partial charge on any atom is -0.387 e. The van der Waals surface area contributed by atoms with E-state index in [0.29, 0.717) is 0 Å². The van der Waals surface area contributed by atoms with Gasteiger partial charge in [0.2, 0.25) is 0 Å². The molecule has 0 aromatic carbocycles. The second kappa shape index (κ2) is 3.37. The normalized spacial score (nSPS) is 14.5. The lowest BCUT2D eigenvalue weighted by Crippen LogP contribution is -2.18. The first-order valence-electron chi connectivity index (χ1n) is 3.66. The topological polar surface area (TPSA) is 38.0 Å². The van der Waals surface area contributed by atoms with Crippen LogP contribution < -0.4 is 0 Å². The number of nitrogens with zero attached hydrogens (tertiary/aromatic N) is 2. The first-order valence-corrected chi connectivity index (χ1v) is 3.66. The molecule has 1 aromatic rings. The van der Waals surface area contributed by atoms with E-state index in [1.54, 1.807) is 0 Å². The number of aliphatic hydroxyl groups is 1. The number of hydrogen-bond donors (Lipinski definition) is 1. The van der Waals surface area contributed by atoms with Crippen molar-refractivity contribution in [2.24, 2.45) is 0 Å². The van der Waals surface area contributed by atoms with Crippen molar-refractivity contribution in [3.05, 3.63) is 18.0 Å². The van der Waals surface area contributed by atoms with Crippen LogP contribution in [-0.4, -0.2) is 21.1 Å². The van der Waals surface area contributed by atoms with Crippen LogP contribution in [0.4, 0.5) is 13.2 Å². The monoisotopic (exact) mass is 194 g/mol. The Hall–Kier alpha value is -1.04. The zero-order valence-electron chi connectivity index (χ0n) is 6.91. The summed E-state index contributed by atoms with van der Waals surface area (Å²) in [6.45, 7) is 0.319. The Morgan fingerprint density at radius 3 is 2.62 bits per heavy atom. The molecule has 0 spiro atoms. The molecule has 74 valence electrons. The Morgan fingerprint density at radius 2 is 2.23 bits per heavy atom. The van der Waals surface area contributed by atoms with Gasteiger partial charge < -0.3 is 5.11 Å². The minimum absolute atomic E-state index is 0.240. The third-order valence-corrected chi connectivity index (χ3v) is 1.43. The van der Waals surface area contributed by atoms with Crippen molar-refractivity contribution in [1.82, 2.24) is 9.78 Å². The highest BCUT2D eigenvalue weighted by atomic mass is 19.4. The number of aliphatic hydroxyl groups excluding tert-OH is 1. The molecule has 0 aliphatic rings. The number of aromatic nitrogens is 2. The predicted molar refractivity (Wildman–Crippen MR) is 38.9 cm³/mol. The lowest BCUT2D eigenvalue weighted by molar-refractivity contribution is -0.142. The molecule has 1 aromatic heterocycles. The highest BCUT2D eigenvalue weighted by Gasteiger charge is 2.28. The summed E-state index contributed by atoms with van der Waals surface area (Å²) in [5.74, 6) is 0. The fraction of sp³-hybridized carbons (Fsp3) is 0.571. The maximum absolute atomic E-state index is 11.8. The van der Waals surface area contributed by atoms with Crippen LogP contribution in [0.1, 0.15) is 18.7 Å². The third-order valence-electron chi connectivity index (χ3n) is 1.43. The van der Waals surface area contributed by atoms with Crippen molar-refractivity contribution in [2.75, 3.05) is 0 Å². The number of alkyl halides is 3. The summed E-state index contributed by atoms with van der Waals surface area (Å²) in [7, 11) is 0. The van der Waals surface area contributed by atoms with Gasteiger partial charge in [-0.25, -0.2) is 0 Å². The van der Waals surface area contributed by atoms with Crippen LogP contribution in [0.15, 0.2) is 12.3 Å². The molecule has 13 heavy (non-hydrogen) atoms. The van der Waals surface area contributed by atoms with Crippen LogP contribution in [0.2, 0.25) is 0 Å². The van der Waals surface area contributed by atoms with Gasteiger partial charge in [-0.15, -0.1) is 0 Å². The maximum Gasteiger partial charge on any atom is 0.408 e. The lowest BCUT2D eigenvalue weighted by atomic mass is 10.3. The zero-order chi connectivity index (χ0) is 10.1. The lowest BCUT2D eigenvalue weighted by Gasteiger charge is -2.05. The van der Waals surface area contributed by atoms with E-state index in [0.717, 1.165) is 4.68 Å². The van der Waals surface area contributed by atoms with E-state index in [1.807, 2.05) is 0 Å². The molecule has 0 fully saturated rings. The van der Waals surface area contributed by atoms with E-state index in [9.17, 15) is 13.2 Å². The Bertz CT molecular complexity index is 280. The van der Waals surface area contributed by atoms with Gasteiger partial charge >= 0.3 is 6.18 Å². The Kier molecular flexibility index (Phi) is 2.60. The zero-order valence-corrected chi connectivity index (χ0v) is 6.91. The molecule has 1 atom stereocenters. The van der Waals surface area contributed by atoms with Crippen molar-refractivity contribution in [3.63, 3.8) is 0 Å². The summed E-state index contributed by atoms with van der Waals surface area (Å²) >= 11 is 0. The molecule has 3 nitrogen and oxygen atoms in total.